The van der Waals surface area contributed by atoms with E-state index < -0.39 is 0 Å². The van der Waals surface area contributed by atoms with Gasteiger partial charge in [0.15, 0.2) is 0 Å². The lowest BCUT2D eigenvalue weighted by Gasteiger charge is -2.33. The number of piperidine rings is 1. The Balaban J connectivity index is 1.51. The normalized spacial score (nSPS) is 18.5. The summed E-state index contributed by atoms with van der Waals surface area (Å²) in [6.07, 6.45) is 3.99. The van der Waals surface area contributed by atoms with E-state index in [0.717, 1.165) is 21.9 Å². The smallest absolute Gasteiger partial charge is 0.261 e. The lowest BCUT2D eigenvalue weighted by atomic mass is 10.0. The summed E-state index contributed by atoms with van der Waals surface area (Å²) in [7, 11) is 0. The first-order valence-electron chi connectivity index (χ1n) is 8.78. The van der Waals surface area contributed by atoms with Gasteiger partial charge in [0.25, 0.3) is 5.91 Å². The fourth-order valence-electron chi connectivity index (χ4n) is 3.22. The molecule has 1 amide bonds. The van der Waals surface area contributed by atoms with Gasteiger partial charge in [0.2, 0.25) is 0 Å². The molecule has 1 aromatic carbocycles. The summed E-state index contributed by atoms with van der Waals surface area (Å²) in [5.74, 6) is 0.0133. The van der Waals surface area contributed by atoms with Crippen LogP contribution in [0.15, 0.2) is 36.4 Å². The van der Waals surface area contributed by atoms with Gasteiger partial charge in [0, 0.05) is 24.0 Å². The SMILES string of the molecule is Cc1ccc(C(=O)NCc2ccc(CN3CCCCC3C)cc2)s1. The van der Waals surface area contributed by atoms with Gasteiger partial charge < -0.3 is 5.32 Å². The van der Waals surface area contributed by atoms with Gasteiger partial charge in [-0.2, -0.15) is 0 Å². The molecule has 3 rings (SSSR count). The third-order valence-electron chi connectivity index (χ3n) is 4.77. The Hall–Kier alpha value is -1.65. The van der Waals surface area contributed by atoms with Gasteiger partial charge >= 0.3 is 0 Å². The molecule has 1 unspecified atom stereocenters. The minimum Gasteiger partial charge on any atom is -0.347 e. The zero-order valence-corrected chi connectivity index (χ0v) is 15.4. The molecule has 2 heterocycles. The van der Waals surface area contributed by atoms with E-state index >= 15 is 0 Å². The van der Waals surface area contributed by atoms with Crippen LogP contribution in [0.1, 0.15) is 51.9 Å². The van der Waals surface area contributed by atoms with Gasteiger partial charge in [-0.25, -0.2) is 0 Å². The average Bonchev–Trinajstić information content (AvgIpc) is 3.03. The van der Waals surface area contributed by atoms with Crippen molar-refractivity contribution in [2.75, 3.05) is 6.54 Å². The summed E-state index contributed by atoms with van der Waals surface area (Å²) in [5.41, 5.74) is 2.50. The highest BCUT2D eigenvalue weighted by atomic mass is 32.1. The summed E-state index contributed by atoms with van der Waals surface area (Å²) < 4.78 is 0. The molecule has 1 aliphatic rings. The summed E-state index contributed by atoms with van der Waals surface area (Å²) in [6.45, 7) is 7.16. The number of amides is 1. The van der Waals surface area contributed by atoms with Gasteiger partial charge in [-0.05, 0) is 56.5 Å². The Morgan fingerprint density at radius 3 is 2.58 bits per heavy atom. The number of rotatable bonds is 5. The molecule has 128 valence electrons. The van der Waals surface area contributed by atoms with Crippen LogP contribution in [0.2, 0.25) is 0 Å². The quantitative estimate of drug-likeness (QED) is 0.875. The van der Waals surface area contributed by atoms with Crippen molar-refractivity contribution in [3.8, 4) is 0 Å². The molecule has 1 N–H and O–H groups in total. The van der Waals surface area contributed by atoms with Crippen LogP contribution in [0.4, 0.5) is 0 Å². The molecule has 0 spiro atoms. The lowest BCUT2D eigenvalue weighted by Crippen LogP contribution is -2.36. The molecule has 1 aromatic heterocycles. The molecule has 0 radical (unpaired) electrons. The van der Waals surface area contributed by atoms with E-state index in [0.29, 0.717) is 12.6 Å². The van der Waals surface area contributed by atoms with E-state index in [9.17, 15) is 4.79 Å². The molecule has 1 atom stereocenters. The largest absolute Gasteiger partial charge is 0.347 e. The second-order valence-corrected chi connectivity index (χ2v) is 8.01. The fraction of sp³-hybridized carbons (Fsp3) is 0.450. The number of carbonyl (C=O) groups excluding carboxylic acids is 1. The molecular weight excluding hydrogens is 316 g/mol. The first kappa shape index (κ1) is 17.2. The third kappa shape index (κ3) is 4.46. The van der Waals surface area contributed by atoms with Crippen LogP contribution in [0.5, 0.6) is 0 Å². The maximum atomic E-state index is 12.1. The number of nitrogens with one attached hydrogen (secondary N) is 1. The number of aryl methyl sites for hydroxylation is 1. The molecule has 0 aliphatic carbocycles. The Kier molecular flexibility index (Phi) is 5.69. The number of hydrogen-bond acceptors (Lipinski definition) is 3. The van der Waals surface area contributed by atoms with Gasteiger partial charge in [-0.3, -0.25) is 9.69 Å². The van der Waals surface area contributed by atoms with Gasteiger partial charge in [-0.1, -0.05) is 30.7 Å². The van der Waals surface area contributed by atoms with Crippen LogP contribution in [0, 0.1) is 6.92 Å². The Morgan fingerprint density at radius 1 is 1.17 bits per heavy atom. The lowest BCUT2D eigenvalue weighted by molar-refractivity contribution is 0.0955. The van der Waals surface area contributed by atoms with E-state index in [1.54, 1.807) is 0 Å². The Bertz CT molecular complexity index is 677. The van der Waals surface area contributed by atoms with Crippen molar-refractivity contribution in [2.45, 2.75) is 52.2 Å². The predicted octanol–water partition coefficient (Wildman–Crippen LogP) is 4.36. The topological polar surface area (TPSA) is 32.3 Å². The highest BCUT2D eigenvalue weighted by Gasteiger charge is 2.17. The van der Waals surface area contributed by atoms with Crippen molar-refractivity contribution in [3.63, 3.8) is 0 Å². The Morgan fingerprint density at radius 2 is 1.92 bits per heavy atom. The van der Waals surface area contributed by atoms with E-state index in [1.807, 2.05) is 19.1 Å². The van der Waals surface area contributed by atoms with Crippen LogP contribution in [-0.4, -0.2) is 23.4 Å². The van der Waals surface area contributed by atoms with Crippen LogP contribution < -0.4 is 5.32 Å². The summed E-state index contributed by atoms with van der Waals surface area (Å²) in [4.78, 5) is 16.6. The van der Waals surface area contributed by atoms with Crippen LogP contribution in [-0.2, 0) is 13.1 Å². The molecule has 1 aliphatic heterocycles. The number of benzene rings is 1. The fourth-order valence-corrected chi connectivity index (χ4v) is 4.00. The predicted molar refractivity (Wildman–Crippen MR) is 100 cm³/mol. The standard InChI is InChI=1S/C20H26N2OS/c1-15-5-3-4-12-22(15)14-18-9-7-17(8-10-18)13-21-20(23)19-11-6-16(2)24-19/h6-11,15H,3-5,12-14H2,1-2H3,(H,21,23). The van der Waals surface area contributed by atoms with Crippen LogP contribution in [0.25, 0.3) is 0 Å². The van der Waals surface area contributed by atoms with Crippen molar-refractivity contribution in [1.82, 2.24) is 10.2 Å². The minimum atomic E-state index is 0.0133. The van der Waals surface area contributed by atoms with E-state index in [1.165, 1.54) is 42.7 Å². The van der Waals surface area contributed by atoms with Crippen LogP contribution >= 0.6 is 11.3 Å². The number of carbonyl (C=O) groups is 1. The maximum absolute atomic E-state index is 12.1. The second kappa shape index (κ2) is 7.95. The Labute approximate surface area is 148 Å². The molecule has 2 aromatic rings. The number of nitrogens with zero attached hydrogens (tertiary/aromatic N) is 1. The van der Waals surface area contributed by atoms with E-state index in [4.69, 9.17) is 0 Å². The molecule has 1 saturated heterocycles. The van der Waals surface area contributed by atoms with Crippen LogP contribution in [0.3, 0.4) is 0 Å². The molecule has 3 nitrogen and oxygen atoms in total. The summed E-state index contributed by atoms with van der Waals surface area (Å²) >= 11 is 1.54. The first-order chi connectivity index (χ1) is 11.6. The molecule has 1 fully saturated rings. The zero-order chi connectivity index (χ0) is 16.9. The highest BCUT2D eigenvalue weighted by molar-refractivity contribution is 7.13. The monoisotopic (exact) mass is 342 g/mol. The number of thiophene rings is 1. The minimum absolute atomic E-state index is 0.0133. The molecular formula is C20H26N2OS. The van der Waals surface area contributed by atoms with Crippen molar-refractivity contribution in [3.05, 3.63) is 57.3 Å². The van der Waals surface area contributed by atoms with Crippen molar-refractivity contribution < 1.29 is 4.79 Å². The molecule has 0 bridgehead atoms. The van der Waals surface area contributed by atoms with Gasteiger partial charge in [0.1, 0.15) is 0 Å². The third-order valence-corrected chi connectivity index (χ3v) is 5.77. The maximum Gasteiger partial charge on any atom is 0.261 e. The number of likely N-dealkylation sites (tertiary alicyclic amines) is 1. The van der Waals surface area contributed by atoms with E-state index in [-0.39, 0.29) is 5.91 Å². The van der Waals surface area contributed by atoms with Gasteiger partial charge in [-0.15, -0.1) is 11.3 Å². The molecule has 0 saturated carbocycles. The summed E-state index contributed by atoms with van der Waals surface area (Å²) in [6, 6.07) is 13.2. The highest BCUT2D eigenvalue weighted by Crippen LogP contribution is 2.19. The van der Waals surface area contributed by atoms with Crippen molar-refractivity contribution in [2.24, 2.45) is 0 Å². The number of hydrogen-bond donors (Lipinski definition) is 1. The van der Waals surface area contributed by atoms with Crippen molar-refractivity contribution >= 4 is 17.2 Å². The second-order valence-electron chi connectivity index (χ2n) is 6.72. The summed E-state index contributed by atoms with van der Waals surface area (Å²) in [5, 5.41) is 3.00. The molecule has 4 heteroatoms. The van der Waals surface area contributed by atoms with E-state index in [2.05, 4.69) is 41.4 Å². The molecule has 24 heavy (non-hydrogen) atoms. The first-order valence-corrected chi connectivity index (χ1v) is 9.60. The zero-order valence-electron chi connectivity index (χ0n) is 14.5. The average molecular weight is 343 g/mol. The van der Waals surface area contributed by atoms with Gasteiger partial charge in [0.05, 0.1) is 4.88 Å². The van der Waals surface area contributed by atoms with Crippen molar-refractivity contribution in [1.29, 1.82) is 0 Å².